The number of carbonyl (C=O) groups excluding carboxylic acids is 1. The van der Waals surface area contributed by atoms with E-state index in [1.54, 1.807) is 6.07 Å². The Bertz CT molecular complexity index is 1640. The molecule has 1 aliphatic heterocycles. The average molecular weight is 670 g/mol. The summed E-state index contributed by atoms with van der Waals surface area (Å²) < 4.78 is 79.8. The number of amides is 1. The molecule has 244 valence electrons. The van der Waals surface area contributed by atoms with Crippen molar-refractivity contribution in [3.63, 3.8) is 0 Å². The molecule has 2 N–H and O–H groups in total. The number of carbonyl (C=O) groups is 1. The van der Waals surface area contributed by atoms with E-state index in [-0.39, 0.29) is 58.7 Å². The molecular formula is C30H35ClF3N5O5S. The molecule has 3 aromatic rings. The summed E-state index contributed by atoms with van der Waals surface area (Å²) in [4.78, 5) is 16.8. The zero-order chi connectivity index (χ0) is 32.5. The topological polar surface area (TPSA) is 124 Å². The van der Waals surface area contributed by atoms with Gasteiger partial charge >= 0.3 is 6.18 Å². The van der Waals surface area contributed by atoms with Gasteiger partial charge in [-0.05, 0) is 89.1 Å². The number of nitrogens with one attached hydrogen (secondary N) is 2. The summed E-state index contributed by atoms with van der Waals surface area (Å²) in [6, 6.07) is 10.0. The quantitative estimate of drug-likeness (QED) is 0.176. The van der Waals surface area contributed by atoms with Gasteiger partial charge < -0.3 is 14.8 Å². The third-order valence-electron chi connectivity index (χ3n) is 8.20. The number of ether oxygens (including phenoxy) is 2. The minimum absolute atomic E-state index is 0.0936. The maximum atomic E-state index is 13.1. The van der Waals surface area contributed by atoms with Gasteiger partial charge in [0.05, 0.1) is 29.1 Å². The molecular weight excluding hydrogens is 635 g/mol. The fourth-order valence-electron chi connectivity index (χ4n) is 5.43. The molecule has 15 heteroatoms. The fraction of sp³-hybridized carbons (Fsp3) is 0.500. The third-order valence-corrected chi connectivity index (χ3v) is 9.82. The molecule has 2 aliphatic rings. The van der Waals surface area contributed by atoms with E-state index in [0.717, 1.165) is 25.8 Å². The lowest BCUT2D eigenvalue weighted by Crippen LogP contribution is -2.31. The molecule has 1 amide bonds. The lowest BCUT2D eigenvalue weighted by atomic mass is 9.94. The molecule has 1 atom stereocenters. The molecule has 45 heavy (non-hydrogen) atoms. The van der Waals surface area contributed by atoms with Crippen LogP contribution < -0.4 is 19.5 Å². The van der Waals surface area contributed by atoms with Crippen molar-refractivity contribution >= 4 is 27.5 Å². The third kappa shape index (κ3) is 8.08. The number of hydrogen-bond acceptors (Lipinski definition) is 8. The smallest absolute Gasteiger partial charge is 0.394 e. The van der Waals surface area contributed by atoms with Crippen LogP contribution in [0.4, 0.5) is 13.2 Å². The van der Waals surface area contributed by atoms with Gasteiger partial charge in [-0.3, -0.25) is 4.79 Å². The first kappa shape index (κ1) is 33.0. The van der Waals surface area contributed by atoms with Crippen LogP contribution in [0.3, 0.4) is 0 Å². The maximum absolute atomic E-state index is 13.1. The van der Waals surface area contributed by atoms with Crippen molar-refractivity contribution in [3.05, 3.63) is 59.4 Å². The molecule has 2 fully saturated rings. The number of alkyl halides is 3. The van der Waals surface area contributed by atoms with Gasteiger partial charge in [0.1, 0.15) is 10.9 Å². The standard InChI is InChI=1S/C30H35ClF3N5O5S/c1-28(2)18-20(19-35-28)5-4-15-43-21-6-3-7-22(17-21)45(41,42)38-27(40)23-8-9-24(36-26(23)31)39-14-10-25(37-39)44-16-13-29(11-12-29)30(32,33)34/h3,6-10,14,17,20,35H,4-5,11-13,15-16,18-19H2,1-2H3,(H,38,40)/t20-/m0/s1. The second kappa shape index (κ2) is 12.8. The second-order valence-corrected chi connectivity index (χ2v) is 14.3. The average Bonchev–Trinajstić information content (AvgIpc) is 3.49. The molecule has 3 heterocycles. The number of halogens is 4. The predicted octanol–water partition coefficient (Wildman–Crippen LogP) is 5.70. The van der Waals surface area contributed by atoms with Crippen LogP contribution in [-0.4, -0.2) is 60.6 Å². The molecule has 0 radical (unpaired) electrons. The fourth-order valence-corrected chi connectivity index (χ4v) is 6.67. The molecule has 10 nitrogen and oxygen atoms in total. The van der Waals surface area contributed by atoms with Crippen LogP contribution in [0, 0.1) is 11.3 Å². The van der Waals surface area contributed by atoms with E-state index < -0.39 is 27.5 Å². The normalized spacial score (nSPS) is 18.8. The lowest BCUT2D eigenvalue weighted by Gasteiger charge is -2.18. The highest BCUT2D eigenvalue weighted by Crippen LogP contribution is 2.59. The monoisotopic (exact) mass is 669 g/mol. The molecule has 1 saturated heterocycles. The summed E-state index contributed by atoms with van der Waals surface area (Å²) in [6.45, 7) is 5.62. The van der Waals surface area contributed by atoms with Crippen molar-refractivity contribution in [2.45, 2.75) is 69.0 Å². The highest BCUT2D eigenvalue weighted by Gasteiger charge is 2.62. The molecule has 1 aliphatic carbocycles. The first-order chi connectivity index (χ1) is 21.2. The Labute approximate surface area is 264 Å². The van der Waals surface area contributed by atoms with E-state index in [4.69, 9.17) is 21.1 Å². The van der Waals surface area contributed by atoms with Crippen molar-refractivity contribution in [1.29, 1.82) is 0 Å². The van der Waals surface area contributed by atoms with Crippen LogP contribution in [0.25, 0.3) is 5.82 Å². The van der Waals surface area contributed by atoms with Crippen molar-refractivity contribution in [1.82, 2.24) is 24.8 Å². The second-order valence-electron chi connectivity index (χ2n) is 12.2. The van der Waals surface area contributed by atoms with Crippen LogP contribution in [0.15, 0.2) is 53.6 Å². The summed E-state index contributed by atoms with van der Waals surface area (Å²) in [5.41, 5.74) is -1.71. The van der Waals surface area contributed by atoms with Gasteiger partial charge in [0.2, 0.25) is 5.88 Å². The summed E-state index contributed by atoms with van der Waals surface area (Å²) in [5, 5.41) is 7.35. The molecule has 0 spiro atoms. The summed E-state index contributed by atoms with van der Waals surface area (Å²) in [7, 11) is -4.27. The van der Waals surface area contributed by atoms with Gasteiger partial charge in [0.25, 0.3) is 15.9 Å². The Morgan fingerprint density at radius 2 is 1.93 bits per heavy atom. The molecule has 2 aromatic heterocycles. The first-order valence-corrected chi connectivity index (χ1v) is 16.5. The Morgan fingerprint density at radius 3 is 2.60 bits per heavy atom. The number of aromatic nitrogens is 3. The zero-order valence-electron chi connectivity index (χ0n) is 24.9. The lowest BCUT2D eigenvalue weighted by molar-refractivity contribution is -0.190. The van der Waals surface area contributed by atoms with Gasteiger partial charge in [-0.15, -0.1) is 5.10 Å². The number of hydrogen-bond donors (Lipinski definition) is 2. The van der Waals surface area contributed by atoms with Crippen LogP contribution in [-0.2, 0) is 10.0 Å². The van der Waals surface area contributed by atoms with Gasteiger partial charge in [-0.1, -0.05) is 17.7 Å². The summed E-state index contributed by atoms with van der Waals surface area (Å²) in [5.74, 6) is 0.239. The predicted molar refractivity (Wildman–Crippen MR) is 160 cm³/mol. The van der Waals surface area contributed by atoms with Gasteiger partial charge in [-0.25, -0.2) is 22.8 Å². The molecule has 0 bridgehead atoms. The van der Waals surface area contributed by atoms with Crippen molar-refractivity contribution in [3.8, 4) is 17.4 Å². The van der Waals surface area contributed by atoms with Crippen molar-refractivity contribution in [2.24, 2.45) is 11.3 Å². The first-order valence-electron chi connectivity index (χ1n) is 14.6. The minimum Gasteiger partial charge on any atom is -0.494 e. The Morgan fingerprint density at radius 1 is 1.16 bits per heavy atom. The molecule has 5 rings (SSSR count). The van der Waals surface area contributed by atoms with Crippen molar-refractivity contribution in [2.75, 3.05) is 19.8 Å². The largest absolute Gasteiger partial charge is 0.494 e. The summed E-state index contributed by atoms with van der Waals surface area (Å²) in [6.07, 6.45) is 0.163. The number of sulfonamides is 1. The highest BCUT2D eigenvalue weighted by molar-refractivity contribution is 7.90. The van der Waals surface area contributed by atoms with E-state index in [2.05, 4.69) is 29.2 Å². The van der Waals surface area contributed by atoms with Crippen LogP contribution in [0.5, 0.6) is 11.6 Å². The molecule has 1 aromatic carbocycles. The summed E-state index contributed by atoms with van der Waals surface area (Å²) >= 11 is 6.23. The van der Waals surface area contributed by atoms with E-state index in [9.17, 15) is 26.4 Å². The number of benzene rings is 1. The van der Waals surface area contributed by atoms with Crippen LogP contribution in [0.2, 0.25) is 5.15 Å². The van der Waals surface area contributed by atoms with Crippen LogP contribution in [0.1, 0.15) is 62.7 Å². The Kier molecular flexibility index (Phi) is 9.39. The van der Waals surface area contributed by atoms with Gasteiger partial charge in [0.15, 0.2) is 5.82 Å². The molecule has 1 saturated carbocycles. The molecule has 0 unspecified atom stereocenters. The maximum Gasteiger partial charge on any atom is 0.394 e. The Balaban J connectivity index is 1.14. The van der Waals surface area contributed by atoms with E-state index in [0.29, 0.717) is 18.3 Å². The SMILES string of the molecule is CC1(C)C[C@H](CCCOc2cccc(S(=O)(=O)NC(=O)c3ccc(-n4ccc(OCCC5(C(F)(F)F)CC5)n4)nc3Cl)c2)CN1. The minimum atomic E-state index is -4.27. The number of rotatable bonds is 13. The van der Waals surface area contributed by atoms with E-state index >= 15 is 0 Å². The Hall–Kier alpha value is -3.36. The number of nitrogens with zero attached hydrogens (tertiary/aromatic N) is 3. The van der Waals surface area contributed by atoms with Crippen LogP contribution >= 0.6 is 11.6 Å². The van der Waals surface area contributed by atoms with E-state index in [1.807, 2.05) is 4.72 Å². The van der Waals surface area contributed by atoms with Crippen molar-refractivity contribution < 1.29 is 35.9 Å². The zero-order valence-corrected chi connectivity index (χ0v) is 26.4. The number of pyridine rings is 1. The van der Waals surface area contributed by atoms with E-state index in [1.165, 1.54) is 47.3 Å². The van der Waals surface area contributed by atoms with Gasteiger partial charge in [0, 0.05) is 23.9 Å². The highest BCUT2D eigenvalue weighted by atomic mass is 35.5. The van der Waals surface area contributed by atoms with Gasteiger partial charge in [-0.2, -0.15) is 13.2 Å².